The summed E-state index contributed by atoms with van der Waals surface area (Å²) in [5.74, 6) is 2.04. The molecule has 0 spiro atoms. The second kappa shape index (κ2) is 4.43. The first-order valence-electron chi connectivity index (χ1n) is 8.85. The lowest BCUT2D eigenvalue weighted by atomic mass is 9.47. The Morgan fingerprint density at radius 3 is 2.71 bits per heavy atom. The highest BCUT2D eigenvalue weighted by atomic mass is 19.1. The van der Waals surface area contributed by atoms with Gasteiger partial charge in [0.05, 0.1) is 5.41 Å². The molecule has 0 heterocycles. The van der Waals surface area contributed by atoms with Gasteiger partial charge in [-0.1, -0.05) is 18.6 Å². The molecule has 21 heavy (non-hydrogen) atoms. The molecule has 1 nitrogen and oxygen atoms in total. The fourth-order valence-corrected chi connectivity index (χ4v) is 6.50. The molecule has 0 bridgehead atoms. The molecule has 2 heteroatoms. The van der Waals surface area contributed by atoms with Gasteiger partial charge in [-0.25, -0.2) is 4.39 Å². The molecule has 0 amide bonds. The molecule has 3 fully saturated rings. The quantitative estimate of drug-likeness (QED) is 0.582. The van der Waals surface area contributed by atoms with Crippen LogP contribution in [0.25, 0.3) is 0 Å². The van der Waals surface area contributed by atoms with E-state index in [-0.39, 0.29) is 10.8 Å². The van der Waals surface area contributed by atoms with Gasteiger partial charge in [0.2, 0.25) is 0 Å². The van der Waals surface area contributed by atoms with E-state index in [2.05, 4.69) is 19.9 Å². The Kier molecular flexibility index (Phi) is 2.94. The molecule has 0 aromatic carbocycles. The highest BCUT2D eigenvalue weighted by Crippen LogP contribution is 2.65. The van der Waals surface area contributed by atoms with Gasteiger partial charge in [0.25, 0.3) is 0 Å². The number of alkyl halides is 1. The first-order chi connectivity index (χ1) is 9.98. The lowest BCUT2D eigenvalue weighted by molar-refractivity contribution is -0.137. The van der Waals surface area contributed by atoms with Gasteiger partial charge in [0.1, 0.15) is 12.0 Å². The Hall–Kier alpha value is -0.660. The topological polar surface area (TPSA) is 17.1 Å². The lowest BCUT2D eigenvalue weighted by Crippen LogP contribution is -2.53. The van der Waals surface area contributed by atoms with E-state index in [1.54, 1.807) is 0 Å². The third-order valence-electron chi connectivity index (χ3n) is 7.82. The highest BCUT2D eigenvalue weighted by Gasteiger charge is 2.60. The summed E-state index contributed by atoms with van der Waals surface area (Å²) in [6.07, 6.45) is 9.48. The maximum atomic E-state index is 14.4. The van der Waals surface area contributed by atoms with E-state index in [1.165, 1.54) is 12.0 Å². The van der Waals surface area contributed by atoms with Gasteiger partial charge in [0, 0.05) is 11.8 Å². The normalized spacial score (nSPS) is 52.7. The Morgan fingerprint density at radius 2 is 1.90 bits per heavy atom. The van der Waals surface area contributed by atoms with Crippen LogP contribution in [0.1, 0.15) is 65.2 Å². The summed E-state index contributed by atoms with van der Waals surface area (Å²) in [6.45, 7) is 4.39. The molecule has 3 saturated carbocycles. The monoisotopic (exact) mass is 290 g/mol. The molecule has 0 aliphatic heterocycles. The minimum Gasteiger partial charge on any atom is -0.299 e. The molecule has 4 rings (SSSR count). The van der Waals surface area contributed by atoms with Crippen molar-refractivity contribution in [3.8, 4) is 0 Å². The van der Waals surface area contributed by atoms with Gasteiger partial charge >= 0.3 is 0 Å². The largest absolute Gasteiger partial charge is 0.299 e. The number of ketones is 1. The van der Waals surface area contributed by atoms with Crippen LogP contribution in [-0.4, -0.2) is 12.0 Å². The molecule has 0 N–H and O–H groups in total. The van der Waals surface area contributed by atoms with Crippen molar-refractivity contribution >= 4 is 5.78 Å². The number of allylic oxidation sites excluding steroid dienone is 2. The SMILES string of the molecule is C[C@]12C(=O)CCC=C1CC[C@@H]1[C@H]2CC[C@]2(C)C(F)CC[C@@H]12. The standard InChI is InChI=1S/C19H27FO/c1-18-11-10-15-13(14(18)8-9-16(18)20)7-6-12-4-3-5-17(21)19(12,15)2/h4,13-16H,3,5-11H2,1-2H3/t13-,14-,15+,16?,18-,19-/m0/s1. The summed E-state index contributed by atoms with van der Waals surface area (Å²) in [5, 5.41) is 0. The van der Waals surface area contributed by atoms with E-state index in [0.29, 0.717) is 23.5 Å². The molecule has 0 radical (unpaired) electrons. The van der Waals surface area contributed by atoms with Gasteiger partial charge in [0.15, 0.2) is 0 Å². The summed E-state index contributed by atoms with van der Waals surface area (Å²) in [6, 6.07) is 0. The van der Waals surface area contributed by atoms with Crippen LogP contribution < -0.4 is 0 Å². The summed E-state index contributed by atoms with van der Waals surface area (Å²) in [4.78, 5) is 12.7. The number of rotatable bonds is 0. The molecule has 0 saturated heterocycles. The minimum absolute atomic E-state index is 0.101. The second-order valence-corrected chi connectivity index (χ2v) is 8.40. The van der Waals surface area contributed by atoms with E-state index >= 15 is 0 Å². The zero-order valence-corrected chi connectivity index (χ0v) is 13.3. The van der Waals surface area contributed by atoms with Crippen molar-refractivity contribution in [3.05, 3.63) is 11.6 Å². The number of Topliss-reactive ketones (excluding diaryl/α,β-unsaturated/α-hetero) is 1. The number of halogens is 1. The van der Waals surface area contributed by atoms with E-state index in [4.69, 9.17) is 0 Å². The first kappa shape index (κ1) is 14.0. The summed E-state index contributed by atoms with van der Waals surface area (Å²) >= 11 is 0. The van der Waals surface area contributed by atoms with Crippen molar-refractivity contribution in [2.45, 2.75) is 71.4 Å². The van der Waals surface area contributed by atoms with Crippen LogP contribution in [0.3, 0.4) is 0 Å². The minimum atomic E-state index is -0.616. The van der Waals surface area contributed by atoms with Gasteiger partial charge in [-0.05, 0) is 69.6 Å². The fourth-order valence-electron chi connectivity index (χ4n) is 6.50. The van der Waals surface area contributed by atoms with Crippen LogP contribution in [0.15, 0.2) is 11.6 Å². The molecule has 0 aromatic heterocycles. The molecule has 0 aromatic rings. The third-order valence-corrected chi connectivity index (χ3v) is 7.82. The zero-order chi connectivity index (χ0) is 14.8. The van der Waals surface area contributed by atoms with E-state index < -0.39 is 6.17 Å². The number of carbonyl (C=O) groups is 1. The summed E-state index contributed by atoms with van der Waals surface area (Å²) < 4.78 is 14.4. The van der Waals surface area contributed by atoms with Crippen molar-refractivity contribution in [2.24, 2.45) is 28.6 Å². The maximum Gasteiger partial charge on any atom is 0.143 e. The predicted octanol–water partition coefficient (Wildman–Crippen LogP) is 4.86. The van der Waals surface area contributed by atoms with Crippen LogP contribution in [0.4, 0.5) is 4.39 Å². The summed E-state index contributed by atoms with van der Waals surface area (Å²) in [5.41, 5.74) is 1.10. The van der Waals surface area contributed by atoms with Crippen LogP contribution >= 0.6 is 0 Å². The van der Waals surface area contributed by atoms with E-state index in [9.17, 15) is 9.18 Å². The van der Waals surface area contributed by atoms with Crippen LogP contribution in [0.5, 0.6) is 0 Å². The molecular formula is C19H27FO. The second-order valence-electron chi connectivity index (χ2n) is 8.40. The maximum absolute atomic E-state index is 14.4. The van der Waals surface area contributed by atoms with Crippen LogP contribution in [0, 0.1) is 28.6 Å². The van der Waals surface area contributed by atoms with Crippen molar-refractivity contribution < 1.29 is 9.18 Å². The molecule has 116 valence electrons. The summed E-state index contributed by atoms with van der Waals surface area (Å²) in [7, 11) is 0. The Labute approximate surface area is 127 Å². The van der Waals surface area contributed by atoms with E-state index in [1.807, 2.05) is 0 Å². The van der Waals surface area contributed by atoms with Crippen molar-refractivity contribution in [1.82, 2.24) is 0 Å². The molecular weight excluding hydrogens is 263 g/mol. The van der Waals surface area contributed by atoms with Crippen molar-refractivity contribution in [1.29, 1.82) is 0 Å². The molecule has 4 aliphatic rings. The zero-order valence-electron chi connectivity index (χ0n) is 13.3. The van der Waals surface area contributed by atoms with Crippen LogP contribution in [-0.2, 0) is 4.79 Å². The fraction of sp³-hybridized carbons (Fsp3) is 0.842. The van der Waals surface area contributed by atoms with Gasteiger partial charge in [-0.15, -0.1) is 0 Å². The smallest absolute Gasteiger partial charge is 0.143 e. The number of carbonyl (C=O) groups excluding carboxylic acids is 1. The number of hydrogen-bond acceptors (Lipinski definition) is 1. The van der Waals surface area contributed by atoms with Crippen molar-refractivity contribution in [3.63, 3.8) is 0 Å². The van der Waals surface area contributed by atoms with Crippen LogP contribution in [0.2, 0.25) is 0 Å². The highest BCUT2D eigenvalue weighted by molar-refractivity contribution is 5.89. The third kappa shape index (κ3) is 1.65. The number of hydrogen-bond donors (Lipinski definition) is 0. The van der Waals surface area contributed by atoms with E-state index in [0.717, 1.165) is 44.9 Å². The molecule has 6 atom stereocenters. The number of fused-ring (bicyclic) bond motifs is 5. The Bertz CT molecular complexity index is 510. The average molecular weight is 290 g/mol. The Morgan fingerprint density at radius 1 is 1.10 bits per heavy atom. The average Bonchev–Trinajstić information content (AvgIpc) is 2.76. The lowest BCUT2D eigenvalue weighted by Gasteiger charge is -2.56. The predicted molar refractivity (Wildman–Crippen MR) is 81.6 cm³/mol. The van der Waals surface area contributed by atoms with Gasteiger partial charge in [-0.2, -0.15) is 0 Å². The van der Waals surface area contributed by atoms with Gasteiger partial charge in [-0.3, -0.25) is 4.79 Å². The Balaban J connectivity index is 1.72. The first-order valence-corrected chi connectivity index (χ1v) is 8.85. The molecule has 4 aliphatic carbocycles. The molecule has 1 unspecified atom stereocenters. The van der Waals surface area contributed by atoms with Crippen molar-refractivity contribution in [2.75, 3.05) is 0 Å². The van der Waals surface area contributed by atoms with Gasteiger partial charge < -0.3 is 0 Å².